The fourth-order valence-corrected chi connectivity index (χ4v) is 2.60. The molecule has 4 nitrogen and oxygen atoms in total. The van der Waals surface area contributed by atoms with Gasteiger partial charge in [-0.05, 0) is 25.8 Å². The minimum absolute atomic E-state index is 0.213. The van der Waals surface area contributed by atoms with E-state index >= 15 is 0 Å². The van der Waals surface area contributed by atoms with Gasteiger partial charge in [0.1, 0.15) is 5.82 Å². The maximum Gasteiger partial charge on any atom is 0.127 e. The van der Waals surface area contributed by atoms with Crippen molar-refractivity contribution in [3.63, 3.8) is 0 Å². The number of aromatic nitrogens is 3. The van der Waals surface area contributed by atoms with Gasteiger partial charge in [-0.3, -0.25) is 0 Å². The lowest BCUT2D eigenvalue weighted by molar-refractivity contribution is 0.684. The predicted molar refractivity (Wildman–Crippen MR) is 75.7 cm³/mol. The van der Waals surface area contributed by atoms with Gasteiger partial charge in [0.25, 0.3) is 0 Å². The molecule has 4 N–H and O–H groups in total. The number of aromatic amines is 2. The molecular weight excluding hydrogens is 236 g/mol. The highest BCUT2D eigenvalue weighted by molar-refractivity contribution is 5.95. The molecule has 1 saturated carbocycles. The number of aryl methyl sites for hydroxylation is 1. The third-order valence-corrected chi connectivity index (χ3v) is 3.99. The molecule has 0 aliphatic heterocycles. The van der Waals surface area contributed by atoms with Crippen molar-refractivity contribution in [2.24, 2.45) is 5.73 Å². The Bertz CT molecular complexity index is 761. The number of benzene rings is 1. The quantitative estimate of drug-likeness (QED) is 0.656. The van der Waals surface area contributed by atoms with Crippen LogP contribution in [0.1, 0.15) is 24.4 Å². The average Bonchev–Trinajstić information content (AvgIpc) is 2.87. The molecule has 3 aromatic rings. The second-order valence-electron chi connectivity index (χ2n) is 5.46. The number of rotatable bonds is 2. The molecule has 4 rings (SSSR count). The van der Waals surface area contributed by atoms with Gasteiger partial charge < -0.3 is 15.7 Å². The van der Waals surface area contributed by atoms with Gasteiger partial charge in [-0.2, -0.15) is 0 Å². The number of hydrogen-bond donors (Lipinski definition) is 3. The molecule has 19 heavy (non-hydrogen) atoms. The molecule has 0 radical (unpaired) electrons. The molecule has 2 heterocycles. The number of hydrogen-bond acceptors (Lipinski definition) is 2. The molecule has 1 fully saturated rings. The van der Waals surface area contributed by atoms with Crippen LogP contribution >= 0.6 is 0 Å². The normalized spacial score (nSPS) is 16.9. The van der Waals surface area contributed by atoms with E-state index in [1.807, 2.05) is 18.3 Å². The summed E-state index contributed by atoms with van der Waals surface area (Å²) in [5, 5.41) is 1.20. The van der Waals surface area contributed by atoms with Gasteiger partial charge in [-0.1, -0.05) is 18.2 Å². The number of para-hydroxylation sites is 1. The summed E-state index contributed by atoms with van der Waals surface area (Å²) in [6, 6.07) is 8.27. The zero-order valence-corrected chi connectivity index (χ0v) is 10.8. The van der Waals surface area contributed by atoms with Gasteiger partial charge in [0, 0.05) is 28.4 Å². The first-order valence-electron chi connectivity index (χ1n) is 6.60. The van der Waals surface area contributed by atoms with Crippen molar-refractivity contribution in [1.29, 1.82) is 0 Å². The highest BCUT2D eigenvalue weighted by atomic mass is 15.0. The van der Waals surface area contributed by atoms with Gasteiger partial charge in [-0.25, -0.2) is 4.98 Å². The zero-order valence-electron chi connectivity index (χ0n) is 10.8. The summed E-state index contributed by atoms with van der Waals surface area (Å²) in [5.74, 6) is 0.922. The van der Waals surface area contributed by atoms with Crippen LogP contribution in [0.15, 0.2) is 30.5 Å². The molecule has 0 bridgehead atoms. The first-order valence-corrected chi connectivity index (χ1v) is 6.60. The number of nitrogens with one attached hydrogen (secondary N) is 2. The standard InChI is InChI=1S/C15H16N4/c1-9-13(19-14(18-9)15(16)6-7-15)11-8-17-12-5-3-2-4-10(11)12/h2-5,8,17H,6-7,16H2,1H3,(H,18,19). The molecule has 1 aromatic carbocycles. The zero-order chi connectivity index (χ0) is 13.0. The van der Waals surface area contributed by atoms with Crippen LogP contribution in [0, 0.1) is 6.92 Å². The SMILES string of the molecule is Cc1[nH]c(C2(N)CC2)nc1-c1c[nH]c2ccccc12. The molecule has 96 valence electrons. The van der Waals surface area contributed by atoms with E-state index in [-0.39, 0.29) is 5.54 Å². The van der Waals surface area contributed by atoms with Crippen molar-refractivity contribution in [1.82, 2.24) is 15.0 Å². The summed E-state index contributed by atoms with van der Waals surface area (Å²) in [6.45, 7) is 2.05. The summed E-state index contributed by atoms with van der Waals surface area (Å²) < 4.78 is 0. The molecule has 0 saturated heterocycles. The maximum absolute atomic E-state index is 6.21. The van der Waals surface area contributed by atoms with E-state index in [9.17, 15) is 0 Å². The maximum atomic E-state index is 6.21. The second kappa shape index (κ2) is 3.48. The Morgan fingerprint density at radius 3 is 2.84 bits per heavy atom. The van der Waals surface area contributed by atoms with Crippen molar-refractivity contribution in [3.8, 4) is 11.3 Å². The number of nitrogens with zero attached hydrogens (tertiary/aromatic N) is 1. The van der Waals surface area contributed by atoms with E-state index in [0.717, 1.165) is 41.1 Å². The van der Waals surface area contributed by atoms with Crippen LogP contribution in [0.5, 0.6) is 0 Å². The molecule has 0 unspecified atom stereocenters. The second-order valence-corrected chi connectivity index (χ2v) is 5.46. The largest absolute Gasteiger partial charge is 0.360 e. The molecule has 0 spiro atoms. The number of fused-ring (bicyclic) bond motifs is 1. The Balaban J connectivity index is 1.90. The van der Waals surface area contributed by atoms with E-state index in [4.69, 9.17) is 10.7 Å². The van der Waals surface area contributed by atoms with Crippen molar-refractivity contribution in [2.45, 2.75) is 25.3 Å². The summed E-state index contributed by atoms with van der Waals surface area (Å²) in [7, 11) is 0. The fraction of sp³-hybridized carbons (Fsp3) is 0.267. The molecule has 1 aliphatic carbocycles. The third-order valence-electron chi connectivity index (χ3n) is 3.99. The lowest BCUT2D eigenvalue weighted by Gasteiger charge is -2.01. The smallest absolute Gasteiger partial charge is 0.127 e. The van der Waals surface area contributed by atoms with E-state index in [0.29, 0.717) is 0 Å². The Labute approximate surface area is 111 Å². The van der Waals surface area contributed by atoms with E-state index in [2.05, 4.69) is 29.0 Å². The summed E-state index contributed by atoms with van der Waals surface area (Å²) in [4.78, 5) is 11.4. The monoisotopic (exact) mass is 252 g/mol. The molecule has 2 aromatic heterocycles. The van der Waals surface area contributed by atoms with Gasteiger partial charge in [0.15, 0.2) is 0 Å². The van der Waals surface area contributed by atoms with Crippen LogP contribution in [0.4, 0.5) is 0 Å². The topological polar surface area (TPSA) is 70.5 Å². The first-order chi connectivity index (χ1) is 9.17. The van der Waals surface area contributed by atoms with Crippen LogP contribution in [-0.2, 0) is 5.54 Å². The van der Waals surface area contributed by atoms with Gasteiger partial charge >= 0.3 is 0 Å². The Morgan fingerprint density at radius 1 is 1.26 bits per heavy atom. The number of H-pyrrole nitrogens is 2. The highest BCUT2D eigenvalue weighted by Gasteiger charge is 2.43. The average molecular weight is 252 g/mol. The van der Waals surface area contributed by atoms with E-state index in [1.54, 1.807) is 0 Å². The minimum atomic E-state index is -0.213. The van der Waals surface area contributed by atoms with Crippen molar-refractivity contribution in [3.05, 3.63) is 42.0 Å². The van der Waals surface area contributed by atoms with Crippen LogP contribution in [-0.4, -0.2) is 15.0 Å². The van der Waals surface area contributed by atoms with Crippen LogP contribution < -0.4 is 5.73 Å². The number of imidazole rings is 1. The van der Waals surface area contributed by atoms with E-state index in [1.165, 1.54) is 5.39 Å². The van der Waals surface area contributed by atoms with Crippen molar-refractivity contribution < 1.29 is 0 Å². The van der Waals surface area contributed by atoms with Gasteiger partial charge in [0.05, 0.1) is 11.2 Å². The summed E-state index contributed by atoms with van der Waals surface area (Å²) in [5.41, 5.74) is 10.4. The van der Waals surface area contributed by atoms with Crippen LogP contribution in [0.3, 0.4) is 0 Å². The number of nitrogens with two attached hydrogens (primary N) is 1. The van der Waals surface area contributed by atoms with E-state index < -0.39 is 0 Å². The Kier molecular flexibility index (Phi) is 1.98. The first kappa shape index (κ1) is 10.8. The summed E-state index contributed by atoms with van der Waals surface area (Å²) >= 11 is 0. The fourth-order valence-electron chi connectivity index (χ4n) is 2.60. The minimum Gasteiger partial charge on any atom is -0.360 e. The lowest BCUT2D eigenvalue weighted by Crippen LogP contribution is -2.20. The highest BCUT2D eigenvalue weighted by Crippen LogP contribution is 2.42. The van der Waals surface area contributed by atoms with Crippen LogP contribution in [0.25, 0.3) is 22.2 Å². The van der Waals surface area contributed by atoms with Gasteiger partial charge in [-0.15, -0.1) is 0 Å². The molecule has 0 atom stereocenters. The molecule has 0 amide bonds. The summed E-state index contributed by atoms with van der Waals surface area (Å²) in [6.07, 6.45) is 4.06. The third kappa shape index (κ3) is 1.53. The predicted octanol–water partition coefficient (Wildman–Crippen LogP) is 2.81. The molecule has 1 aliphatic rings. The molecular formula is C15H16N4. The van der Waals surface area contributed by atoms with Crippen molar-refractivity contribution in [2.75, 3.05) is 0 Å². The van der Waals surface area contributed by atoms with Gasteiger partial charge in [0.2, 0.25) is 0 Å². The van der Waals surface area contributed by atoms with Crippen molar-refractivity contribution >= 4 is 10.9 Å². The lowest BCUT2D eigenvalue weighted by atomic mass is 10.1. The Morgan fingerprint density at radius 2 is 2.05 bits per heavy atom. The van der Waals surface area contributed by atoms with Crippen LogP contribution in [0.2, 0.25) is 0 Å². The molecule has 4 heteroatoms. The Hall–Kier alpha value is -2.07.